The van der Waals surface area contributed by atoms with E-state index >= 15 is 0 Å². The van der Waals surface area contributed by atoms with E-state index in [4.69, 9.17) is 21.1 Å². The van der Waals surface area contributed by atoms with Gasteiger partial charge in [-0.2, -0.15) is 0 Å². The van der Waals surface area contributed by atoms with Crippen LogP contribution < -0.4 is 14.8 Å². The lowest BCUT2D eigenvalue weighted by Crippen LogP contribution is -2.21. The van der Waals surface area contributed by atoms with Crippen LogP contribution in [0.2, 0.25) is 5.02 Å². The Morgan fingerprint density at radius 3 is 2.67 bits per heavy atom. The molecule has 0 radical (unpaired) electrons. The molecule has 114 valence electrons. The van der Waals surface area contributed by atoms with Gasteiger partial charge < -0.3 is 14.8 Å². The van der Waals surface area contributed by atoms with Gasteiger partial charge in [-0.05, 0) is 12.1 Å². The van der Waals surface area contributed by atoms with Crippen LogP contribution >= 0.6 is 22.9 Å². The third-order valence-corrected chi connectivity index (χ3v) is 4.36. The highest BCUT2D eigenvalue weighted by atomic mass is 35.5. The van der Waals surface area contributed by atoms with Gasteiger partial charge in [0.1, 0.15) is 5.01 Å². The summed E-state index contributed by atoms with van der Waals surface area (Å²) in [5.74, 6) is 1.15. The summed E-state index contributed by atoms with van der Waals surface area (Å²) in [6, 6.07) is 4.19. The number of thiazole rings is 1. The number of halogens is 1. The molecule has 0 fully saturated rings. The van der Waals surface area contributed by atoms with Crippen molar-refractivity contribution < 1.29 is 9.47 Å². The van der Waals surface area contributed by atoms with Gasteiger partial charge in [-0.1, -0.05) is 25.4 Å². The quantitative estimate of drug-likeness (QED) is 0.872. The van der Waals surface area contributed by atoms with E-state index in [9.17, 15) is 0 Å². The molecule has 0 saturated carbocycles. The minimum absolute atomic E-state index is 0.445. The van der Waals surface area contributed by atoms with Crippen molar-refractivity contribution in [3.05, 3.63) is 28.2 Å². The third-order valence-electron chi connectivity index (χ3n) is 2.95. The van der Waals surface area contributed by atoms with Gasteiger partial charge in [0, 0.05) is 29.2 Å². The molecular formula is C15H19ClN2O2S. The minimum atomic E-state index is 0.445. The number of ether oxygens (including phenoxy) is 2. The van der Waals surface area contributed by atoms with Crippen LogP contribution in [0.4, 0.5) is 0 Å². The van der Waals surface area contributed by atoms with Crippen molar-refractivity contribution in [1.82, 2.24) is 10.3 Å². The van der Waals surface area contributed by atoms with E-state index in [2.05, 4.69) is 24.1 Å². The van der Waals surface area contributed by atoms with Crippen molar-refractivity contribution in [2.45, 2.75) is 26.4 Å². The van der Waals surface area contributed by atoms with Crippen molar-refractivity contribution >= 4 is 22.9 Å². The molecule has 0 atom stereocenters. The van der Waals surface area contributed by atoms with Crippen LogP contribution in [0.15, 0.2) is 18.3 Å². The summed E-state index contributed by atoms with van der Waals surface area (Å²) < 4.78 is 10.6. The Hall–Kier alpha value is -1.30. The summed E-state index contributed by atoms with van der Waals surface area (Å²) >= 11 is 8.03. The van der Waals surface area contributed by atoms with Gasteiger partial charge >= 0.3 is 0 Å². The topological polar surface area (TPSA) is 43.4 Å². The highest BCUT2D eigenvalue weighted by Gasteiger charge is 2.16. The Bertz CT molecular complexity index is 614. The second-order valence-corrected chi connectivity index (χ2v) is 6.32. The Labute approximate surface area is 134 Å². The van der Waals surface area contributed by atoms with E-state index in [1.807, 2.05) is 18.3 Å². The van der Waals surface area contributed by atoms with Crippen LogP contribution in [0.5, 0.6) is 11.5 Å². The van der Waals surface area contributed by atoms with E-state index < -0.39 is 0 Å². The Morgan fingerprint density at radius 2 is 2.05 bits per heavy atom. The van der Waals surface area contributed by atoms with Crippen LogP contribution in [-0.4, -0.2) is 25.2 Å². The summed E-state index contributed by atoms with van der Waals surface area (Å²) in [6.07, 6.45) is 1.88. The van der Waals surface area contributed by atoms with Crippen molar-refractivity contribution in [2.75, 3.05) is 14.2 Å². The average Bonchev–Trinajstić information content (AvgIpc) is 2.93. The van der Waals surface area contributed by atoms with Gasteiger partial charge in [0.2, 0.25) is 0 Å². The molecule has 0 aliphatic heterocycles. The number of methoxy groups -OCH3 is 2. The molecule has 2 rings (SSSR count). The summed E-state index contributed by atoms with van der Waals surface area (Å²) in [5, 5.41) is 4.77. The molecule has 0 spiro atoms. The van der Waals surface area contributed by atoms with Gasteiger partial charge in [0.15, 0.2) is 11.5 Å². The lowest BCUT2D eigenvalue weighted by molar-refractivity contribution is 0.355. The molecule has 0 unspecified atom stereocenters. The third kappa shape index (κ3) is 3.67. The normalized spacial score (nSPS) is 11.0. The fourth-order valence-electron chi connectivity index (χ4n) is 1.87. The van der Waals surface area contributed by atoms with Gasteiger partial charge in [0.25, 0.3) is 0 Å². The lowest BCUT2D eigenvalue weighted by Gasteiger charge is -2.11. The second kappa shape index (κ2) is 7.11. The SMILES string of the molecule is COc1ccc(-c2ncc(CNC(C)C)s2)c(Cl)c1OC. The summed E-state index contributed by atoms with van der Waals surface area (Å²) in [7, 11) is 3.17. The monoisotopic (exact) mass is 326 g/mol. The highest BCUT2D eigenvalue weighted by molar-refractivity contribution is 7.15. The number of hydrogen-bond donors (Lipinski definition) is 1. The fourth-order valence-corrected chi connectivity index (χ4v) is 3.15. The molecule has 6 heteroatoms. The molecular weight excluding hydrogens is 308 g/mol. The van der Waals surface area contributed by atoms with Crippen LogP contribution in [-0.2, 0) is 6.54 Å². The Morgan fingerprint density at radius 1 is 1.29 bits per heavy atom. The zero-order valence-corrected chi connectivity index (χ0v) is 14.1. The first kappa shape index (κ1) is 16.1. The zero-order chi connectivity index (χ0) is 15.4. The summed E-state index contributed by atoms with van der Waals surface area (Å²) in [6.45, 7) is 5.04. The van der Waals surface area contributed by atoms with E-state index in [1.165, 1.54) is 4.88 Å². The van der Waals surface area contributed by atoms with Gasteiger partial charge in [-0.15, -0.1) is 11.3 Å². The van der Waals surface area contributed by atoms with Crippen molar-refractivity contribution in [2.24, 2.45) is 0 Å². The number of benzene rings is 1. The molecule has 0 aliphatic rings. The van der Waals surface area contributed by atoms with E-state index in [1.54, 1.807) is 25.6 Å². The highest BCUT2D eigenvalue weighted by Crippen LogP contribution is 2.42. The van der Waals surface area contributed by atoms with Crippen LogP contribution in [0, 0.1) is 0 Å². The second-order valence-electron chi connectivity index (χ2n) is 4.83. The minimum Gasteiger partial charge on any atom is -0.493 e. The molecule has 1 aromatic carbocycles. The first-order valence-electron chi connectivity index (χ1n) is 6.65. The lowest BCUT2D eigenvalue weighted by atomic mass is 10.2. The predicted octanol–water partition coefficient (Wildman–Crippen LogP) is 3.98. The smallest absolute Gasteiger partial charge is 0.180 e. The van der Waals surface area contributed by atoms with Gasteiger partial charge in [-0.3, -0.25) is 0 Å². The Kier molecular flexibility index (Phi) is 5.45. The molecule has 0 bridgehead atoms. The van der Waals surface area contributed by atoms with Gasteiger partial charge in [0.05, 0.1) is 19.2 Å². The largest absolute Gasteiger partial charge is 0.493 e. The number of aromatic nitrogens is 1. The van der Waals surface area contributed by atoms with E-state index in [0.717, 1.165) is 17.1 Å². The molecule has 1 heterocycles. The van der Waals surface area contributed by atoms with Crippen molar-refractivity contribution in [3.8, 4) is 22.1 Å². The molecule has 2 aromatic rings. The zero-order valence-electron chi connectivity index (χ0n) is 12.6. The number of nitrogens with one attached hydrogen (secondary N) is 1. The van der Waals surface area contributed by atoms with Crippen LogP contribution in [0.1, 0.15) is 18.7 Å². The van der Waals surface area contributed by atoms with Crippen LogP contribution in [0.25, 0.3) is 10.6 Å². The molecule has 21 heavy (non-hydrogen) atoms. The summed E-state index contributed by atoms with van der Waals surface area (Å²) in [4.78, 5) is 5.62. The molecule has 1 N–H and O–H groups in total. The van der Waals surface area contributed by atoms with E-state index in [-0.39, 0.29) is 0 Å². The van der Waals surface area contributed by atoms with Crippen molar-refractivity contribution in [1.29, 1.82) is 0 Å². The maximum atomic E-state index is 6.41. The van der Waals surface area contributed by atoms with Gasteiger partial charge in [-0.25, -0.2) is 4.98 Å². The van der Waals surface area contributed by atoms with Crippen LogP contribution in [0.3, 0.4) is 0 Å². The Balaban J connectivity index is 2.30. The molecule has 0 aliphatic carbocycles. The standard InChI is InChI=1S/C15H19ClN2O2S/c1-9(2)17-7-10-8-18-15(21-10)11-5-6-12(19-3)14(20-4)13(11)16/h5-6,8-9,17H,7H2,1-4H3. The van der Waals surface area contributed by atoms with E-state index in [0.29, 0.717) is 22.6 Å². The molecule has 0 amide bonds. The molecule has 0 saturated heterocycles. The molecule has 4 nitrogen and oxygen atoms in total. The first-order chi connectivity index (χ1) is 10.1. The molecule has 1 aromatic heterocycles. The van der Waals surface area contributed by atoms with Crippen molar-refractivity contribution in [3.63, 3.8) is 0 Å². The summed E-state index contributed by atoms with van der Waals surface area (Å²) in [5.41, 5.74) is 0.857. The number of nitrogens with zero attached hydrogens (tertiary/aromatic N) is 1. The maximum absolute atomic E-state index is 6.41. The fraction of sp³-hybridized carbons (Fsp3) is 0.400. The number of rotatable bonds is 6. The first-order valence-corrected chi connectivity index (χ1v) is 7.85. The number of hydrogen-bond acceptors (Lipinski definition) is 5. The average molecular weight is 327 g/mol. The maximum Gasteiger partial charge on any atom is 0.180 e. The predicted molar refractivity (Wildman–Crippen MR) is 87.6 cm³/mol.